The number of amides is 1. The zero-order valence-corrected chi connectivity index (χ0v) is 13.5. The number of benzene rings is 1. The molecule has 1 atom stereocenters. The first kappa shape index (κ1) is 16.3. The molecule has 0 radical (unpaired) electrons. The summed E-state index contributed by atoms with van der Waals surface area (Å²) in [6.45, 7) is 5.82. The Labute approximate surface area is 130 Å². The molecular formula is C16H23FN2OS. The van der Waals surface area contributed by atoms with Crippen molar-refractivity contribution in [3.05, 3.63) is 35.6 Å². The molecule has 1 aliphatic heterocycles. The number of hydrogen-bond donors (Lipinski definition) is 0. The molecule has 0 N–H and O–H groups in total. The third kappa shape index (κ3) is 4.45. The number of rotatable bonds is 4. The predicted octanol–water partition coefficient (Wildman–Crippen LogP) is 2.61. The minimum Gasteiger partial charge on any atom is -0.340 e. The average Bonchev–Trinajstić information content (AvgIpc) is 2.73. The summed E-state index contributed by atoms with van der Waals surface area (Å²) in [4.78, 5) is 16.4. The molecular weight excluding hydrogens is 287 g/mol. The van der Waals surface area contributed by atoms with Gasteiger partial charge in [-0.1, -0.05) is 18.2 Å². The molecule has 1 fully saturated rings. The van der Waals surface area contributed by atoms with Crippen LogP contribution in [0.2, 0.25) is 0 Å². The van der Waals surface area contributed by atoms with Gasteiger partial charge in [0.25, 0.3) is 0 Å². The van der Waals surface area contributed by atoms with Gasteiger partial charge >= 0.3 is 0 Å². The summed E-state index contributed by atoms with van der Waals surface area (Å²) in [5.74, 6) is 0.0703. The number of nitrogens with zero attached hydrogens (tertiary/aromatic N) is 2. The second-order valence-corrected chi connectivity index (χ2v) is 6.60. The van der Waals surface area contributed by atoms with Gasteiger partial charge in [0.2, 0.25) is 5.91 Å². The predicted molar refractivity (Wildman–Crippen MR) is 85.9 cm³/mol. The number of thioether (sulfide) groups is 1. The summed E-state index contributed by atoms with van der Waals surface area (Å²) in [7, 11) is 0. The first-order valence-corrected chi connectivity index (χ1v) is 8.68. The highest BCUT2D eigenvalue weighted by Crippen LogP contribution is 2.15. The van der Waals surface area contributed by atoms with Crippen LogP contribution in [-0.2, 0) is 11.3 Å². The maximum absolute atomic E-state index is 13.7. The topological polar surface area (TPSA) is 23.6 Å². The molecule has 2 rings (SSSR count). The van der Waals surface area contributed by atoms with Crippen LogP contribution in [-0.4, -0.2) is 53.4 Å². The Morgan fingerprint density at radius 1 is 1.29 bits per heavy atom. The molecule has 1 amide bonds. The van der Waals surface area contributed by atoms with Crippen LogP contribution in [0.1, 0.15) is 18.9 Å². The third-order valence-electron chi connectivity index (χ3n) is 3.95. The fraction of sp³-hybridized carbons (Fsp3) is 0.562. The van der Waals surface area contributed by atoms with Gasteiger partial charge in [0.1, 0.15) is 5.82 Å². The first-order valence-electron chi connectivity index (χ1n) is 7.39. The Morgan fingerprint density at radius 2 is 2.05 bits per heavy atom. The second kappa shape index (κ2) is 7.80. The van der Waals surface area contributed by atoms with Gasteiger partial charge in [-0.2, -0.15) is 11.8 Å². The molecule has 0 unspecified atom stereocenters. The SMILES string of the molecule is CS[C@@H](C)C(=O)N1CCCN(Cc2ccccc2F)CC1. The normalized spacial score (nSPS) is 18.3. The summed E-state index contributed by atoms with van der Waals surface area (Å²) < 4.78 is 13.7. The molecule has 0 spiro atoms. The molecule has 0 aliphatic carbocycles. The Morgan fingerprint density at radius 3 is 2.76 bits per heavy atom. The summed E-state index contributed by atoms with van der Waals surface area (Å²) in [6, 6.07) is 6.92. The number of carbonyl (C=O) groups is 1. The van der Waals surface area contributed by atoms with Gasteiger partial charge in [0.15, 0.2) is 0 Å². The van der Waals surface area contributed by atoms with Crippen molar-refractivity contribution in [1.29, 1.82) is 0 Å². The van der Waals surface area contributed by atoms with Crippen molar-refractivity contribution in [2.24, 2.45) is 0 Å². The fourth-order valence-electron chi connectivity index (χ4n) is 2.57. The monoisotopic (exact) mass is 310 g/mol. The van der Waals surface area contributed by atoms with Gasteiger partial charge in [0.05, 0.1) is 5.25 Å². The van der Waals surface area contributed by atoms with Gasteiger partial charge in [-0.25, -0.2) is 4.39 Å². The van der Waals surface area contributed by atoms with E-state index >= 15 is 0 Å². The zero-order valence-electron chi connectivity index (χ0n) is 12.7. The molecule has 21 heavy (non-hydrogen) atoms. The molecule has 0 saturated carbocycles. The Bertz CT molecular complexity index is 483. The van der Waals surface area contributed by atoms with Crippen LogP contribution < -0.4 is 0 Å². The lowest BCUT2D eigenvalue weighted by molar-refractivity contribution is -0.130. The summed E-state index contributed by atoms with van der Waals surface area (Å²) in [6.07, 6.45) is 2.91. The standard InChI is InChI=1S/C16H23FN2OS/c1-13(21-2)16(20)19-9-5-8-18(10-11-19)12-14-6-3-4-7-15(14)17/h3-4,6-7,13H,5,8-12H2,1-2H3/t13-/m0/s1. The van der Waals surface area contributed by atoms with Crippen molar-refractivity contribution in [3.8, 4) is 0 Å². The third-order valence-corrected chi connectivity index (χ3v) is 4.86. The van der Waals surface area contributed by atoms with Crippen molar-refractivity contribution >= 4 is 17.7 Å². The molecule has 1 saturated heterocycles. The fourth-order valence-corrected chi connectivity index (χ4v) is 2.93. The average molecular weight is 310 g/mol. The molecule has 1 heterocycles. The van der Waals surface area contributed by atoms with Crippen molar-refractivity contribution in [3.63, 3.8) is 0 Å². The first-order chi connectivity index (χ1) is 10.1. The lowest BCUT2D eigenvalue weighted by atomic mass is 10.2. The maximum atomic E-state index is 13.7. The molecule has 1 aromatic rings. The van der Waals surface area contributed by atoms with E-state index in [1.807, 2.05) is 30.2 Å². The summed E-state index contributed by atoms with van der Waals surface area (Å²) in [5, 5.41) is 0.0168. The van der Waals surface area contributed by atoms with Crippen molar-refractivity contribution in [2.75, 3.05) is 32.4 Å². The number of carbonyl (C=O) groups excluding carboxylic acids is 1. The van der Waals surface area contributed by atoms with E-state index in [4.69, 9.17) is 0 Å². The van der Waals surface area contributed by atoms with E-state index in [0.29, 0.717) is 6.54 Å². The summed E-state index contributed by atoms with van der Waals surface area (Å²) in [5.41, 5.74) is 0.731. The number of hydrogen-bond acceptors (Lipinski definition) is 3. The zero-order chi connectivity index (χ0) is 15.2. The summed E-state index contributed by atoms with van der Waals surface area (Å²) >= 11 is 1.58. The van der Waals surface area contributed by atoms with E-state index in [-0.39, 0.29) is 17.0 Å². The van der Waals surface area contributed by atoms with E-state index in [1.54, 1.807) is 17.8 Å². The van der Waals surface area contributed by atoms with E-state index in [2.05, 4.69) is 4.90 Å². The highest BCUT2D eigenvalue weighted by Gasteiger charge is 2.23. The quantitative estimate of drug-likeness (QED) is 0.854. The molecule has 1 aromatic carbocycles. The van der Waals surface area contributed by atoms with Crippen molar-refractivity contribution in [1.82, 2.24) is 9.80 Å². The van der Waals surface area contributed by atoms with E-state index in [1.165, 1.54) is 6.07 Å². The van der Waals surface area contributed by atoms with Crippen molar-refractivity contribution in [2.45, 2.75) is 25.1 Å². The highest BCUT2D eigenvalue weighted by atomic mass is 32.2. The number of halogens is 1. The van der Waals surface area contributed by atoms with Crippen LogP contribution in [0.25, 0.3) is 0 Å². The van der Waals surface area contributed by atoms with E-state index in [9.17, 15) is 9.18 Å². The van der Waals surface area contributed by atoms with Crippen molar-refractivity contribution < 1.29 is 9.18 Å². The lowest BCUT2D eigenvalue weighted by Gasteiger charge is -2.24. The molecule has 116 valence electrons. The Hall–Kier alpha value is -1.07. The molecule has 3 nitrogen and oxygen atoms in total. The Balaban J connectivity index is 1.92. The van der Waals surface area contributed by atoms with Crippen LogP contribution in [0.4, 0.5) is 4.39 Å². The lowest BCUT2D eigenvalue weighted by Crippen LogP contribution is -2.39. The largest absolute Gasteiger partial charge is 0.340 e. The van der Waals surface area contributed by atoms with E-state index in [0.717, 1.165) is 38.2 Å². The van der Waals surface area contributed by atoms with E-state index < -0.39 is 0 Å². The van der Waals surface area contributed by atoms with Gasteiger partial charge < -0.3 is 4.90 Å². The smallest absolute Gasteiger partial charge is 0.235 e. The minimum atomic E-state index is -0.148. The van der Waals surface area contributed by atoms with Crippen LogP contribution in [0.5, 0.6) is 0 Å². The molecule has 1 aliphatic rings. The highest BCUT2D eigenvalue weighted by molar-refractivity contribution is 7.99. The van der Waals surface area contributed by atoms with Gasteiger partial charge in [-0.15, -0.1) is 0 Å². The minimum absolute atomic E-state index is 0.0168. The van der Waals surface area contributed by atoms with Gasteiger partial charge in [-0.05, 0) is 25.7 Å². The van der Waals surface area contributed by atoms with Crippen LogP contribution in [0.15, 0.2) is 24.3 Å². The second-order valence-electron chi connectivity index (χ2n) is 5.42. The van der Waals surface area contributed by atoms with Crippen LogP contribution in [0, 0.1) is 5.82 Å². The van der Waals surface area contributed by atoms with Gasteiger partial charge in [0, 0.05) is 38.3 Å². The Kier molecular flexibility index (Phi) is 6.06. The van der Waals surface area contributed by atoms with Crippen LogP contribution in [0.3, 0.4) is 0 Å². The molecule has 0 aromatic heterocycles. The van der Waals surface area contributed by atoms with Gasteiger partial charge in [-0.3, -0.25) is 9.69 Å². The van der Waals surface area contributed by atoms with Crippen LogP contribution >= 0.6 is 11.8 Å². The molecule has 0 bridgehead atoms. The molecule has 5 heteroatoms. The maximum Gasteiger partial charge on any atom is 0.235 e.